The van der Waals surface area contributed by atoms with Crippen molar-refractivity contribution in [3.63, 3.8) is 0 Å². The van der Waals surface area contributed by atoms with E-state index in [9.17, 15) is 29.4 Å². The number of ether oxygens (including phenoxy) is 4. The lowest BCUT2D eigenvalue weighted by Gasteiger charge is -2.25. The lowest BCUT2D eigenvalue weighted by atomic mass is 10.1. The molecule has 2 atom stereocenters. The Hall–Kier alpha value is -5.44. The maximum atomic E-state index is 12.9. The number of carbonyl (C=O) groups excluding carboxylic acids is 3. The SMILES string of the molecule is CC[C@H](N)C(=O)OC.CCn1ncc2c(NC3CCOCC3)c(C(=O)N[C@@H](CO)C(=O)OC)cnc21.CCn1ncc2c(NC3CCOCC3)c(C(=O)O)cnc21. The first-order valence-corrected chi connectivity index (χ1v) is 18.9. The van der Waals surface area contributed by atoms with Crippen LogP contribution in [-0.2, 0) is 41.6 Å². The van der Waals surface area contributed by atoms with Crippen molar-refractivity contribution in [1.29, 1.82) is 0 Å². The van der Waals surface area contributed by atoms with Crippen molar-refractivity contribution in [2.75, 3.05) is 57.9 Å². The van der Waals surface area contributed by atoms with Gasteiger partial charge in [0.2, 0.25) is 0 Å². The van der Waals surface area contributed by atoms with E-state index in [-0.39, 0.29) is 29.2 Å². The highest BCUT2D eigenvalue weighted by atomic mass is 16.5. The molecule has 0 bridgehead atoms. The largest absolute Gasteiger partial charge is 0.478 e. The number of aryl methyl sites for hydroxylation is 2. The summed E-state index contributed by atoms with van der Waals surface area (Å²) in [6.07, 6.45) is 10.2. The van der Waals surface area contributed by atoms with E-state index in [1.165, 1.54) is 26.6 Å². The Morgan fingerprint density at radius 3 is 1.63 bits per heavy atom. The molecule has 0 unspecified atom stereocenters. The van der Waals surface area contributed by atoms with Crippen molar-refractivity contribution in [3.8, 4) is 0 Å². The molecule has 0 spiro atoms. The molecule has 2 saturated heterocycles. The molecule has 1 amide bonds. The van der Waals surface area contributed by atoms with Gasteiger partial charge in [0.15, 0.2) is 17.3 Å². The van der Waals surface area contributed by atoms with Gasteiger partial charge < -0.3 is 50.8 Å². The van der Waals surface area contributed by atoms with Crippen molar-refractivity contribution >= 4 is 57.3 Å². The van der Waals surface area contributed by atoms with Gasteiger partial charge in [-0.05, 0) is 46.0 Å². The standard InChI is InChI=1S/C18H25N5O5.C14H18N4O3.C5H11NO2/c1-3-23-16-12(9-20-23)15(21-11-4-6-28-7-5-11)13(8-19-16)17(25)22-14(10-24)18(26)27-2;1-2-18-13-10(8-16-18)12(11(7-15-13)14(19)20)17-9-3-5-21-6-4-9;1-3-4(6)5(7)8-2/h8-9,11,14,24H,3-7,10H2,1-2H3,(H,19,21)(H,22,25);7-9H,2-6H2,1H3,(H,15,17)(H,19,20);4H,3,6H2,1-2H3/t14-;;4-/m0.0/s1. The van der Waals surface area contributed by atoms with Crippen LogP contribution in [0.15, 0.2) is 24.8 Å². The van der Waals surface area contributed by atoms with E-state index in [2.05, 4.69) is 45.6 Å². The van der Waals surface area contributed by atoms with Crippen LogP contribution in [0.5, 0.6) is 0 Å². The Bertz CT molecular complexity index is 1960. The average molecular weight is 799 g/mol. The Balaban J connectivity index is 0.000000218. The number of carboxylic acids is 1. The molecule has 0 saturated carbocycles. The van der Waals surface area contributed by atoms with E-state index in [0.717, 1.165) is 36.5 Å². The summed E-state index contributed by atoms with van der Waals surface area (Å²) in [4.78, 5) is 55.0. The monoisotopic (exact) mass is 798 g/mol. The molecule has 4 aromatic rings. The van der Waals surface area contributed by atoms with Gasteiger partial charge in [0, 0.05) is 64.0 Å². The maximum absolute atomic E-state index is 12.9. The van der Waals surface area contributed by atoms with E-state index >= 15 is 0 Å². The molecule has 57 heavy (non-hydrogen) atoms. The van der Waals surface area contributed by atoms with Gasteiger partial charge in [-0.25, -0.2) is 28.9 Å². The van der Waals surface area contributed by atoms with Gasteiger partial charge in [-0.1, -0.05) is 6.92 Å². The van der Waals surface area contributed by atoms with Gasteiger partial charge in [0.1, 0.15) is 11.6 Å². The number of aliphatic hydroxyl groups excluding tert-OH is 1. The Kier molecular flexibility index (Phi) is 16.9. The molecular formula is C37H54N10O10. The summed E-state index contributed by atoms with van der Waals surface area (Å²) < 4.78 is 23.2. The summed E-state index contributed by atoms with van der Waals surface area (Å²) in [5.74, 6) is -2.57. The highest BCUT2D eigenvalue weighted by Crippen LogP contribution is 2.30. The summed E-state index contributed by atoms with van der Waals surface area (Å²) in [5, 5.41) is 38.1. The van der Waals surface area contributed by atoms with Crippen molar-refractivity contribution < 1.29 is 48.3 Å². The number of nitrogens with one attached hydrogen (secondary N) is 3. The number of hydrogen-bond donors (Lipinski definition) is 6. The molecule has 4 aromatic heterocycles. The number of anilines is 2. The van der Waals surface area contributed by atoms with Gasteiger partial charge in [0.25, 0.3) is 5.91 Å². The number of aliphatic hydroxyl groups is 1. The molecule has 0 radical (unpaired) electrons. The van der Waals surface area contributed by atoms with Crippen molar-refractivity contribution in [1.82, 2.24) is 34.8 Å². The smallest absolute Gasteiger partial charge is 0.339 e. The minimum Gasteiger partial charge on any atom is -0.478 e. The van der Waals surface area contributed by atoms with Gasteiger partial charge in [-0.3, -0.25) is 9.59 Å². The second kappa shape index (κ2) is 21.8. The molecule has 2 aliphatic rings. The van der Waals surface area contributed by atoms with Crippen LogP contribution in [0.1, 0.15) is 73.6 Å². The van der Waals surface area contributed by atoms with Gasteiger partial charge in [0.05, 0.1) is 60.9 Å². The lowest BCUT2D eigenvalue weighted by Crippen LogP contribution is -2.44. The molecule has 20 heteroatoms. The first kappa shape index (κ1) is 44.3. The van der Waals surface area contributed by atoms with Crippen molar-refractivity contribution in [2.24, 2.45) is 5.73 Å². The van der Waals surface area contributed by atoms with E-state index in [1.807, 2.05) is 20.8 Å². The van der Waals surface area contributed by atoms with Gasteiger partial charge in [-0.15, -0.1) is 0 Å². The Morgan fingerprint density at radius 2 is 1.25 bits per heavy atom. The number of pyridine rings is 2. The van der Waals surface area contributed by atoms with Crippen LogP contribution in [0.25, 0.3) is 22.1 Å². The number of carboxylic acid groups (broad SMARTS) is 1. The molecule has 2 fully saturated rings. The fraction of sp³-hybridized carbons (Fsp3) is 0.568. The normalized spacial score (nSPS) is 15.6. The summed E-state index contributed by atoms with van der Waals surface area (Å²) in [5.41, 5.74) is 8.30. The van der Waals surface area contributed by atoms with Crippen LogP contribution in [0.3, 0.4) is 0 Å². The first-order chi connectivity index (χ1) is 27.5. The Morgan fingerprint density at radius 1 is 0.789 bits per heavy atom. The van der Waals surface area contributed by atoms with Crippen molar-refractivity contribution in [2.45, 2.75) is 90.1 Å². The predicted molar refractivity (Wildman–Crippen MR) is 209 cm³/mol. The third-order valence-electron chi connectivity index (χ3n) is 9.46. The Labute approximate surface area is 329 Å². The molecule has 2 aliphatic heterocycles. The summed E-state index contributed by atoms with van der Waals surface area (Å²) in [7, 11) is 2.53. The quantitative estimate of drug-likeness (QED) is 0.106. The zero-order valence-electron chi connectivity index (χ0n) is 33.0. The van der Waals surface area contributed by atoms with Gasteiger partial charge in [-0.2, -0.15) is 10.2 Å². The lowest BCUT2D eigenvalue weighted by molar-refractivity contribution is -0.144. The third kappa shape index (κ3) is 11.3. The average Bonchev–Trinajstić information content (AvgIpc) is 3.87. The van der Waals surface area contributed by atoms with Gasteiger partial charge >= 0.3 is 17.9 Å². The molecule has 20 nitrogen and oxygen atoms in total. The summed E-state index contributed by atoms with van der Waals surface area (Å²) in [6, 6.07) is -1.24. The van der Waals surface area contributed by atoms with Crippen molar-refractivity contribution in [3.05, 3.63) is 35.9 Å². The fourth-order valence-electron chi connectivity index (χ4n) is 6.13. The highest BCUT2D eigenvalue weighted by molar-refractivity contribution is 6.07. The summed E-state index contributed by atoms with van der Waals surface area (Å²) in [6.45, 7) is 9.24. The number of aromatic nitrogens is 6. The molecule has 0 aromatic carbocycles. The van der Waals surface area contributed by atoms with Crippen LogP contribution < -0.4 is 21.7 Å². The first-order valence-electron chi connectivity index (χ1n) is 18.9. The number of carbonyl (C=O) groups is 4. The van der Waals surface area contributed by atoms with Crippen LogP contribution in [0.4, 0.5) is 11.4 Å². The number of fused-ring (bicyclic) bond motifs is 2. The molecule has 6 heterocycles. The second-order valence-electron chi connectivity index (χ2n) is 13.1. The van der Waals surface area contributed by atoms with Crippen LogP contribution in [0, 0.1) is 0 Å². The fourth-order valence-corrected chi connectivity index (χ4v) is 6.13. The maximum Gasteiger partial charge on any atom is 0.339 e. The number of rotatable bonds is 13. The minimum absolute atomic E-state index is 0.144. The number of amides is 1. The number of aromatic carboxylic acids is 1. The highest BCUT2D eigenvalue weighted by Gasteiger charge is 2.26. The molecule has 6 rings (SSSR count). The van der Waals surface area contributed by atoms with Crippen LogP contribution in [0.2, 0.25) is 0 Å². The number of methoxy groups -OCH3 is 2. The number of nitrogens with two attached hydrogens (primary N) is 1. The molecule has 0 aliphatic carbocycles. The third-order valence-corrected chi connectivity index (χ3v) is 9.46. The van der Waals surface area contributed by atoms with E-state index in [1.54, 1.807) is 21.8 Å². The number of esters is 2. The van der Waals surface area contributed by atoms with E-state index in [4.69, 9.17) is 15.2 Å². The summed E-state index contributed by atoms with van der Waals surface area (Å²) >= 11 is 0. The number of nitrogens with zero attached hydrogens (tertiary/aromatic N) is 6. The second-order valence-corrected chi connectivity index (χ2v) is 13.1. The van der Waals surface area contributed by atoms with Crippen LogP contribution in [-0.4, -0.2) is 135 Å². The zero-order valence-corrected chi connectivity index (χ0v) is 33.0. The zero-order chi connectivity index (χ0) is 41.5. The topological polar surface area (TPSA) is 269 Å². The van der Waals surface area contributed by atoms with Crippen LogP contribution >= 0.6 is 0 Å². The number of hydrogen-bond acceptors (Lipinski definition) is 16. The molecule has 7 N–H and O–H groups in total. The molecule has 312 valence electrons. The molecular weight excluding hydrogens is 744 g/mol. The van der Waals surface area contributed by atoms with E-state index in [0.29, 0.717) is 68.6 Å². The minimum atomic E-state index is -1.15. The van der Waals surface area contributed by atoms with E-state index < -0.39 is 36.5 Å². The predicted octanol–water partition coefficient (Wildman–Crippen LogP) is 1.94.